The Balaban J connectivity index is 1.46. The Morgan fingerprint density at radius 1 is 1.09 bits per heavy atom. The molecule has 172 valence electrons. The van der Waals surface area contributed by atoms with Gasteiger partial charge in [0.05, 0.1) is 17.7 Å². The van der Waals surface area contributed by atoms with Crippen LogP contribution in [-0.2, 0) is 9.59 Å². The number of hydrogen-bond acceptors (Lipinski definition) is 6. The van der Waals surface area contributed by atoms with Crippen LogP contribution in [0.15, 0.2) is 77.7 Å². The van der Waals surface area contributed by atoms with Gasteiger partial charge in [-0.15, -0.1) is 0 Å². The van der Waals surface area contributed by atoms with E-state index in [1.54, 1.807) is 60.7 Å². The molecule has 0 atom stereocenters. The van der Waals surface area contributed by atoms with E-state index in [4.69, 9.17) is 33.3 Å². The molecule has 0 aromatic heterocycles. The van der Waals surface area contributed by atoms with Crippen LogP contribution < -0.4 is 19.7 Å². The van der Waals surface area contributed by atoms with Gasteiger partial charge in [0.1, 0.15) is 0 Å². The Morgan fingerprint density at radius 3 is 2.62 bits per heavy atom. The number of carbonyl (C=O) groups is 2. The highest BCUT2D eigenvalue weighted by atomic mass is 35.5. The fourth-order valence-electron chi connectivity index (χ4n) is 3.21. The first-order chi connectivity index (χ1) is 16.4. The minimum absolute atomic E-state index is 0.178. The number of para-hydroxylation sites is 1. The Labute approximate surface area is 211 Å². The van der Waals surface area contributed by atoms with Crippen LogP contribution in [0.25, 0.3) is 6.08 Å². The van der Waals surface area contributed by atoms with E-state index in [1.807, 2.05) is 18.2 Å². The first kappa shape index (κ1) is 23.8. The summed E-state index contributed by atoms with van der Waals surface area (Å²) >= 11 is 12.7. The summed E-state index contributed by atoms with van der Waals surface area (Å²) in [5, 5.41) is 3.28. The van der Waals surface area contributed by atoms with Gasteiger partial charge in [-0.05, 0) is 54.1 Å². The van der Waals surface area contributed by atoms with Gasteiger partial charge in [0.2, 0.25) is 0 Å². The zero-order valence-corrected chi connectivity index (χ0v) is 20.4. The van der Waals surface area contributed by atoms with Crippen LogP contribution in [0.3, 0.4) is 0 Å². The SMILES string of the molecule is COc1cc(/C=C2/SC(=S)N(c3cccc(Cl)c3)C2=O)ccc1OCC(=O)Nc1ccccc1. The molecular weight excluding hydrogens is 492 g/mol. The predicted molar refractivity (Wildman–Crippen MR) is 141 cm³/mol. The largest absolute Gasteiger partial charge is 0.493 e. The number of rotatable bonds is 7. The average molecular weight is 511 g/mol. The number of benzene rings is 3. The zero-order valence-electron chi connectivity index (χ0n) is 18.0. The average Bonchev–Trinajstić information content (AvgIpc) is 3.11. The number of thiocarbonyl (C=S) groups is 1. The minimum Gasteiger partial charge on any atom is -0.493 e. The van der Waals surface area contributed by atoms with E-state index in [9.17, 15) is 9.59 Å². The Morgan fingerprint density at radius 2 is 1.88 bits per heavy atom. The van der Waals surface area contributed by atoms with E-state index < -0.39 is 0 Å². The van der Waals surface area contributed by atoms with Crippen LogP contribution in [0.1, 0.15) is 5.56 Å². The first-order valence-electron chi connectivity index (χ1n) is 10.1. The van der Waals surface area contributed by atoms with Crippen molar-refractivity contribution in [2.75, 3.05) is 23.9 Å². The summed E-state index contributed by atoms with van der Waals surface area (Å²) in [5.41, 5.74) is 2.03. The Kier molecular flexibility index (Phi) is 7.52. The number of ether oxygens (including phenoxy) is 2. The number of hydrogen-bond donors (Lipinski definition) is 1. The maximum absolute atomic E-state index is 13.0. The van der Waals surface area contributed by atoms with Crippen LogP contribution in [-0.4, -0.2) is 29.9 Å². The standard InChI is InChI=1S/C25H19ClN2O4S2/c1-31-21-12-16(10-11-20(21)32-15-23(29)27-18-7-3-2-4-8-18)13-22-24(30)28(25(33)34-22)19-9-5-6-17(26)14-19/h2-14H,15H2,1H3,(H,27,29)/b22-13+. The molecule has 1 N–H and O–H groups in total. The minimum atomic E-state index is -0.290. The highest BCUT2D eigenvalue weighted by Gasteiger charge is 2.33. The molecule has 0 radical (unpaired) electrons. The molecule has 1 aliphatic heterocycles. The molecule has 1 heterocycles. The lowest BCUT2D eigenvalue weighted by Crippen LogP contribution is -2.27. The van der Waals surface area contributed by atoms with Crippen LogP contribution in [0.4, 0.5) is 11.4 Å². The molecule has 0 bridgehead atoms. The number of amides is 2. The van der Waals surface area contributed by atoms with E-state index in [-0.39, 0.29) is 18.4 Å². The van der Waals surface area contributed by atoms with Crippen molar-refractivity contribution in [1.29, 1.82) is 0 Å². The fourth-order valence-corrected chi connectivity index (χ4v) is 4.70. The monoisotopic (exact) mass is 510 g/mol. The molecular formula is C25H19ClN2O4S2. The van der Waals surface area contributed by atoms with Gasteiger partial charge < -0.3 is 14.8 Å². The van der Waals surface area contributed by atoms with Gasteiger partial charge in [-0.1, -0.05) is 65.9 Å². The molecule has 9 heteroatoms. The van der Waals surface area contributed by atoms with Gasteiger partial charge in [0.25, 0.3) is 11.8 Å². The van der Waals surface area contributed by atoms with E-state index in [1.165, 1.54) is 23.8 Å². The second-order valence-corrected chi connectivity index (χ2v) is 9.22. The summed E-state index contributed by atoms with van der Waals surface area (Å²) < 4.78 is 11.5. The van der Waals surface area contributed by atoms with Crippen LogP contribution >= 0.6 is 35.6 Å². The van der Waals surface area contributed by atoms with Crippen molar-refractivity contribution in [3.05, 3.63) is 88.3 Å². The molecule has 3 aromatic carbocycles. The number of anilines is 2. The summed E-state index contributed by atoms with van der Waals surface area (Å²) in [6.45, 7) is -0.178. The molecule has 1 fully saturated rings. The van der Waals surface area contributed by atoms with Crippen molar-refractivity contribution in [3.63, 3.8) is 0 Å². The van der Waals surface area contributed by atoms with E-state index in [2.05, 4.69) is 5.32 Å². The summed E-state index contributed by atoms with van der Waals surface area (Å²) in [7, 11) is 1.51. The molecule has 3 aromatic rings. The van der Waals surface area contributed by atoms with Gasteiger partial charge >= 0.3 is 0 Å². The Hall–Kier alpha value is -3.33. The van der Waals surface area contributed by atoms with Gasteiger partial charge in [-0.25, -0.2) is 0 Å². The number of halogens is 1. The van der Waals surface area contributed by atoms with Gasteiger partial charge in [-0.3, -0.25) is 14.5 Å². The molecule has 34 heavy (non-hydrogen) atoms. The van der Waals surface area contributed by atoms with Crippen LogP contribution in [0.2, 0.25) is 5.02 Å². The molecule has 0 spiro atoms. The highest BCUT2D eigenvalue weighted by molar-refractivity contribution is 8.27. The second kappa shape index (κ2) is 10.7. The van der Waals surface area contributed by atoms with Crippen molar-refractivity contribution in [3.8, 4) is 11.5 Å². The van der Waals surface area contributed by atoms with Crippen molar-refractivity contribution in [2.45, 2.75) is 0 Å². The van der Waals surface area contributed by atoms with Crippen molar-refractivity contribution in [1.82, 2.24) is 0 Å². The number of carbonyl (C=O) groups excluding carboxylic acids is 2. The second-order valence-electron chi connectivity index (χ2n) is 7.11. The number of thioether (sulfide) groups is 1. The molecule has 1 aliphatic rings. The third kappa shape index (κ3) is 5.59. The van der Waals surface area contributed by atoms with Crippen LogP contribution in [0.5, 0.6) is 11.5 Å². The zero-order chi connectivity index (χ0) is 24.1. The maximum Gasteiger partial charge on any atom is 0.270 e. The van der Waals surface area contributed by atoms with Crippen LogP contribution in [0, 0.1) is 0 Å². The fraction of sp³-hybridized carbons (Fsp3) is 0.0800. The third-order valence-electron chi connectivity index (χ3n) is 4.76. The molecule has 0 unspecified atom stereocenters. The van der Waals surface area contributed by atoms with Gasteiger partial charge in [-0.2, -0.15) is 0 Å². The van der Waals surface area contributed by atoms with Crippen molar-refractivity contribution < 1.29 is 19.1 Å². The topological polar surface area (TPSA) is 67.9 Å². The third-order valence-corrected chi connectivity index (χ3v) is 6.30. The quantitative estimate of drug-likeness (QED) is 0.321. The molecule has 0 aliphatic carbocycles. The molecule has 0 saturated carbocycles. The van der Waals surface area contributed by atoms with E-state index >= 15 is 0 Å². The highest BCUT2D eigenvalue weighted by Crippen LogP contribution is 2.37. The molecule has 2 amide bonds. The summed E-state index contributed by atoms with van der Waals surface area (Å²) in [6.07, 6.45) is 1.73. The lowest BCUT2D eigenvalue weighted by atomic mass is 10.2. The summed E-state index contributed by atoms with van der Waals surface area (Å²) in [4.78, 5) is 27.1. The summed E-state index contributed by atoms with van der Waals surface area (Å²) in [5.74, 6) is 0.331. The Bertz CT molecular complexity index is 1280. The predicted octanol–water partition coefficient (Wildman–Crippen LogP) is 5.77. The number of nitrogens with one attached hydrogen (secondary N) is 1. The molecule has 1 saturated heterocycles. The summed E-state index contributed by atoms with van der Waals surface area (Å²) in [6, 6.07) is 21.3. The number of methoxy groups -OCH3 is 1. The normalized spacial score (nSPS) is 14.4. The van der Waals surface area contributed by atoms with Crippen molar-refractivity contribution in [2.24, 2.45) is 0 Å². The first-order valence-corrected chi connectivity index (χ1v) is 11.7. The van der Waals surface area contributed by atoms with Gasteiger partial charge in [0, 0.05) is 10.7 Å². The van der Waals surface area contributed by atoms with Crippen molar-refractivity contribution >= 4 is 69.2 Å². The van der Waals surface area contributed by atoms with E-state index in [0.29, 0.717) is 37.1 Å². The molecule has 4 rings (SSSR count). The number of nitrogens with zero attached hydrogens (tertiary/aromatic N) is 1. The van der Waals surface area contributed by atoms with Gasteiger partial charge in [0.15, 0.2) is 22.4 Å². The smallest absolute Gasteiger partial charge is 0.270 e. The molecule has 6 nitrogen and oxygen atoms in total. The van der Waals surface area contributed by atoms with E-state index in [0.717, 1.165) is 5.56 Å². The maximum atomic E-state index is 13.0. The lowest BCUT2D eigenvalue weighted by Gasteiger charge is -2.14. The lowest BCUT2D eigenvalue weighted by molar-refractivity contribution is -0.118.